The van der Waals surface area contributed by atoms with E-state index < -0.39 is 48.0 Å². The Morgan fingerprint density at radius 3 is 2.14 bits per heavy atom. The molecular weight excluding hydrogens is 550 g/mol. The monoisotopic (exact) mass is 601 g/mol. The molecule has 0 radical (unpaired) electrons. The predicted molar refractivity (Wildman–Crippen MR) is 165 cm³/mol. The summed E-state index contributed by atoms with van der Waals surface area (Å²) < 4.78 is 0. The van der Waals surface area contributed by atoms with Gasteiger partial charge in [-0.15, -0.1) is 0 Å². The Morgan fingerprint density at radius 1 is 1.05 bits per heavy atom. The van der Waals surface area contributed by atoms with Gasteiger partial charge in [0.25, 0.3) is 0 Å². The number of amides is 4. The molecule has 1 heterocycles. The molecule has 11 nitrogen and oxygen atoms in total. The maximum Gasteiger partial charge on any atom is 0.326 e. The lowest BCUT2D eigenvalue weighted by Crippen LogP contribution is -2.65. The molecule has 3 N–H and O–H groups in total. The number of nitrogens with zero attached hydrogens (tertiary/aromatic N) is 3. The molecule has 1 fully saturated rings. The third-order valence-electron chi connectivity index (χ3n) is 8.58. The summed E-state index contributed by atoms with van der Waals surface area (Å²) in [5.74, 6) is -2.46. The van der Waals surface area contributed by atoms with E-state index >= 15 is 0 Å². The van der Waals surface area contributed by atoms with E-state index in [9.17, 15) is 29.1 Å². The molecule has 0 aliphatic carbocycles. The van der Waals surface area contributed by atoms with Gasteiger partial charge in [0.15, 0.2) is 0 Å². The van der Waals surface area contributed by atoms with Gasteiger partial charge in [0, 0.05) is 26.6 Å². The number of rotatable bonds is 16. The Bertz CT molecular complexity index is 1110. The molecule has 240 valence electrons. The maximum atomic E-state index is 13.7. The SMILES string of the molecule is CC[C@H](C)[C@H](NC(=O)[C@H](CC(C)C)NC)C(=O)N(C)[C@@H](C)C(=O)N1CC[C@H]1C(=O)N(CC)[C@@H](Cc1ccccc1)C(=O)O. The molecular formula is C32H51N5O6. The van der Waals surface area contributed by atoms with Crippen molar-refractivity contribution in [2.24, 2.45) is 11.8 Å². The highest BCUT2D eigenvalue weighted by molar-refractivity contribution is 5.96. The molecule has 11 heteroatoms. The van der Waals surface area contributed by atoms with E-state index in [1.54, 1.807) is 20.9 Å². The van der Waals surface area contributed by atoms with Crippen molar-refractivity contribution in [1.29, 1.82) is 0 Å². The first-order valence-electron chi connectivity index (χ1n) is 15.4. The number of carboxylic acids is 1. The number of carbonyl (C=O) groups excluding carboxylic acids is 4. The normalized spacial score (nSPS) is 18.1. The number of carbonyl (C=O) groups is 5. The van der Waals surface area contributed by atoms with Gasteiger partial charge in [-0.3, -0.25) is 19.2 Å². The average Bonchev–Trinajstić information content (AvgIpc) is 2.96. The third-order valence-corrected chi connectivity index (χ3v) is 8.58. The standard InChI is InChI=1S/C32H51N5O6/c1-9-21(5)27(34-28(38)24(33-7)18-20(3)4)31(41)35(8)22(6)29(39)37-17-16-25(37)30(40)36(10-2)26(32(42)43)19-23-14-12-11-13-15-23/h11-15,20-22,24-27,33H,9-10,16-19H2,1-8H3,(H,34,38)(H,42,43)/t21-,22-,24-,25-,26-,27-/m0/s1. The van der Waals surface area contributed by atoms with Crippen molar-refractivity contribution >= 4 is 29.6 Å². The van der Waals surface area contributed by atoms with Crippen LogP contribution in [0.4, 0.5) is 0 Å². The molecule has 1 aliphatic rings. The first-order chi connectivity index (χ1) is 20.3. The first-order valence-corrected chi connectivity index (χ1v) is 15.4. The zero-order chi connectivity index (χ0) is 32.4. The van der Waals surface area contributed by atoms with Gasteiger partial charge in [-0.2, -0.15) is 0 Å². The summed E-state index contributed by atoms with van der Waals surface area (Å²) in [6.45, 7) is 11.7. The lowest BCUT2D eigenvalue weighted by molar-refractivity contribution is -0.162. The largest absolute Gasteiger partial charge is 0.480 e. The van der Waals surface area contributed by atoms with Crippen LogP contribution in [0.2, 0.25) is 0 Å². The van der Waals surface area contributed by atoms with Crippen molar-refractivity contribution in [2.45, 2.75) is 97.4 Å². The zero-order valence-electron chi connectivity index (χ0n) is 27.0. The first kappa shape index (κ1) is 35.7. The van der Waals surface area contributed by atoms with Crippen LogP contribution in [0.3, 0.4) is 0 Å². The second-order valence-corrected chi connectivity index (χ2v) is 12.0. The number of aliphatic carboxylic acids is 1. The summed E-state index contributed by atoms with van der Waals surface area (Å²) in [6.07, 6.45) is 1.82. The summed E-state index contributed by atoms with van der Waals surface area (Å²) in [5, 5.41) is 15.9. The van der Waals surface area contributed by atoms with Crippen LogP contribution in [0.15, 0.2) is 30.3 Å². The van der Waals surface area contributed by atoms with Crippen LogP contribution < -0.4 is 10.6 Å². The maximum absolute atomic E-state index is 13.7. The molecule has 1 aromatic carbocycles. The second-order valence-electron chi connectivity index (χ2n) is 12.0. The fourth-order valence-electron chi connectivity index (χ4n) is 5.38. The molecule has 4 amide bonds. The Kier molecular flexibility index (Phi) is 13.6. The summed E-state index contributed by atoms with van der Waals surface area (Å²) in [6, 6.07) is 5.09. The van der Waals surface area contributed by atoms with Crippen molar-refractivity contribution in [3.63, 3.8) is 0 Å². The molecule has 0 bridgehead atoms. The van der Waals surface area contributed by atoms with Gasteiger partial charge in [-0.05, 0) is 51.1 Å². The molecule has 1 saturated heterocycles. The lowest BCUT2D eigenvalue weighted by atomic mass is 9.95. The van der Waals surface area contributed by atoms with Gasteiger partial charge in [0.1, 0.15) is 24.2 Å². The molecule has 0 unspecified atom stereocenters. The predicted octanol–water partition coefficient (Wildman–Crippen LogP) is 2.14. The van der Waals surface area contributed by atoms with E-state index in [-0.39, 0.29) is 36.6 Å². The molecule has 2 rings (SSSR count). The lowest BCUT2D eigenvalue weighted by Gasteiger charge is -2.45. The van der Waals surface area contributed by atoms with Crippen LogP contribution in [0.5, 0.6) is 0 Å². The number of hydrogen-bond donors (Lipinski definition) is 3. The zero-order valence-corrected chi connectivity index (χ0v) is 27.0. The molecule has 0 saturated carbocycles. The van der Waals surface area contributed by atoms with Crippen LogP contribution >= 0.6 is 0 Å². The van der Waals surface area contributed by atoms with Crippen LogP contribution in [0, 0.1) is 11.8 Å². The Morgan fingerprint density at radius 2 is 1.67 bits per heavy atom. The van der Waals surface area contributed by atoms with Crippen LogP contribution in [0.1, 0.15) is 66.4 Å². The fraction of sp³-hybridized carbons (Fsp3) is 0.656. The topological polar surface area (TPSA) is 139 Å². The van der Waals surface area contributed by atoms with E-state index in [1.165, 1.54) is 21.7 Å². The van der Waals surface area contributed by atoms with Crippen molar-refractivity contribution in [3.8, 4) is 0 Å². The molecule has 0 aromatic heterocycles. The third kappa shape index (κ3) is 9.01. The number of hydrogen-bond acceptors (Lipinski definition) is 6. The Labute approximate surface area is 256 Å². The van der Waals surface area contributed by atoms with Crippen molar-refractivity contribution < 1.29 is 29.1 Å². The number of benzene rings is 1. The van der Waals surface area contributed by atoms with Crippen molar-refractivity contribution in [1.82, 2.24) is 25.3 Å². The number of nitrogens with one attached hydrogen (secondary N) is 2. The number of likely N-dealkylation sites (N-methyl/N-ethyl adjacent to an activating group) is 3. The van der Waals surface area contributed by atoms with E-state index in [0.717, 1.165) is 5.56 Å². The fourth-order valence-corrected chi connectivity index (χ4v) is 5.38. The van der Waals surface area contributed by atoms with Gasteiger partial charge in [-0.25, -0.2) is 4.79 Å². The summed E-state index contributed by atoms with van der Waals surface area (Å²) in [7, 11) is 3.25. The summed E-state index contributed by atoms with van der Waals surface area (Å²) in [4.78, 5) is 70.2. The van der Waals surface area contributed by atoms with Crippen LogP contribution in [-0.2, 0) is 30.4 Å². The highest BCUT2D eigenvalue weighted by atomic mass is 16.4. The van der Waals surface area contributed by atoms with Crippen LogP contribution in [0.25, 0.3) is 0 Å². The minimum Gasteiger partial charge on any atom is -0.480 e. The number of carboxylic acid groups (broad SMARTS) is 1. The Hall–Kier alpha value is -3.47. The van der Waals surface area contributed by atoms with Gasteiger partial charge < -0.3 is 30.4 Å². The van der Waals surface area contributed by atoms with Gasteiger partial charge in [-0.1, -0.05) is 64.4 Å². The van der Waals surface area contributed by atoms with E-state index in [2.05, 4.69) is 10.6 Å². The summed E-state index contributed by atoms with van der Waals surface area (Å²) >= 11 is 0. The number of likely N-dealkylation sites (tertiary alicyclic amines) is 1. The van der Waals surface area contributed by atoms with Crippen molar-refractivity contribution in [3.05, 3.63) is 35.9 Å². The quantitative estimate of drug-likeness (QED) is 0.264. The van der Waals surface area contributed by atoms with Gasteiger partial charge in [0.05, 0.1) is 6.04 Å². The molecule has 1 aliphatic heterocycles. The summed E-state index contributed by atoms with van der Waals surface area (Å²) in [5.41, 5.74) is 0.796. The highest BCUT2D eigenvalue weighted by Gasteiger charge is 2.45. The van der Waals surface area contributed by atoms with Crippen LogP contribution in [-0.4, -0.2) is 107 Å². The van der Waals surface area contributed by atoms with E-state index in [0.29, 0.717) is 25.8 Å². The van der Waals surface area contributed by atoms with Gasteiger partial charge >= 0.3 is 5.97 Å². The van der Waals surface area contributed by atoms with E-state index in [4.69, 9.17) is 0 Å². The molecule has 43 heavy (non-hydrogen) atoms. The second kappa shape index (κ2) is 16.4. The smallest absolute Gasteiger partial charge is 0.326 e. The highest BCUT2D eigenvalue weighted by Crippen LogP contribution is 2.24. The van der Waals surface area contributed by atoms with Gasteiger partial charge in [0.2, 0.25) is 23.6 Å². The average molecular weight is 602 g/mol. The molecule has 0 spiro atoms. The molecule has 6 atom stereocenters. The minimum absolute atomic E-state index is 0.151. The Balaban J connectivity index is 2.17. The van der Waals surface area contributed by atoms with Crippen molar-refractivity contribution in [2.75, 3.05) is 27.2 Å². The molecule has 1 aromatic rings. The van der Waals surface area contributed by atoms with E-state index in [1.807, 2.05) is 58.0 Å². The minimum atomic E-state index is -1.11.